The van der Waals surface area contributed by atoms with E-state index in [1.807, 2.05) is 18.2 Å². The lowest BCUT2D eigenvalue weighted by Crippen LogP contribution is -2.38. The highest BCUT2D eigenvalue weighted by molar-refractivity contribution is 6.31. The third kappa shape index (κ3) is 3.10. The number of nitrogens with zero attached hydrogens (tertiary/aromatic N) is 2. The average Bonchev–Trinajstić information content (AvgIpc) is 2.75. The van der Waals surface area contributed by atoms with Crippen LogP contribution in [0.5, 0.6) is 0 Å². The molecule has 2 heterocycles. The van der Waals surface area contributed by atoms with Crippen LogP contribution in [0, 0.1) is 5.41 Å². The van der Waals surface area contributed by atoms with E-state index in [4.69, 9.17) is 11.6 Å². The molecule has 28 heavy (non-hydrogen) atoms. The second-order valence-corrected chi connectivity index (χ2v) is 8.57. The molecule has 1 amide bonds. The highest BCUT2D eigenvalue weighted by atomic mass is 35.5. The number of allylic oxidation sites excluding steroid dienone is 1. The summed E-state index contributed by atoms with van der Waals surface area (Å²) < 4.78 is 0. The molecule has 0 saturated heterocycles. The van der Waals surface area contributed by atoms with Gasteiger partial charge in [-0.2, -0.15) is 0 Å². The molecule has 2 aromatic rings. The fraction of sp³-hybridized carbons (Fsp3) is 0.318. The van der Waals surface area contributed by atoms with E-state index in [9.17, 15) is 9.59 Å². The summed E-state index contributed by atoms with van der Waals surface area (Å²) >= 11 is 6.54. The van der Waals surface area contributed by atoms with Crippen molar-refractivity contribution < 1.29 is 9.59 Å². The lowest BCUT2D eigenvalue weighted by atomic mass is 9.73. The van der Waals surface area contributed by atoms with Gasteiger partial charge in [-0.25, -0.2) is 0 Å². The Hall–Kier alpha value is -2.66. The molecule has 2 aliphatic rings. The number of amides is 1. The zero-order valence-electron chi connectivity index (χ0n) is 16.1. The van der Waals surface area contributed by atoms with Gasteiger partial charge in [-0.05, 0) is 29.5 Å². The number of fused-ring (bicyclic) bond motifs is 1. The fourth-order valence-electron chi connectivity index (χ4n) is 4.23. The van der Waals surface area contributed by atoms with E-state index < -0.39 is 6.04 Å². The van der Waals surface area contributed by atoms with Crippen LogP contribution in [0.15, 0.2) is 54.0 Å². The number of aromatic nitrogens is 1. The monoisotopic (exact) mass is 395 g/mol. The minimum atomic E-state index is -0.582. The fourth-order valence-corrected chi connectivity index (χ4v) is 4.47. The molecule has 5 nitrogen and oxygen atoms in total. The Kier molecular flexibility index (Phi) is 4.50. The quantitative estimate of drug-likeness (QED) is 0.746. The Morgan fingerprint density at radius 2 is 2.00 bits per heavy atom. The van der Waals surface area contributed by atoms with Crippen molar-refractivity contribution in [1.29, 1.82) is 0 Å². The van der Waals surface area contributed by atoms with Gasteiger partial charge in [0.05, 0.1) is 23.6 Å². The van der Waals surface area contributed by atoms with Crippen LogP contribution in [0.2, 0.25) is 5.02 Å². The smallest absolute Gasteiger partial charge is 0.224 e. The molecule has 1 atom stereocenters. The third-order valence-electron chi connectivity index (χ3n) is 5.33. The number of anilines is 2. The lowest BCUT2D eigenvalue weighted by molar-refractivity contribution is -0.118. The molecule has 1 aliphatic heterocycles. The molecule has 144 valence electrons. The van der Waals surface area contributed by atoms with E-state index in [-0.39, 0.29) is 17.1 Å². The van der Waals surface area contributed by atoms with E-state index in [1.165, 1.54) is 6.92 Å². The van der Waals surface area contributed by atoms with Crippen LogP contribution in [0.1, 0.15) is 45.2 Å². The number of nitrogens with one attached hydrogen (secondary N) is 1. The number of benzene rings is 1. The molecule has 1 unspecified atom stereocenters. The SMILES string of the molecule is CC(=O)N1c2ccncc2NC2=C(C(=O)CC(C)(C)C2)C1c1ccccc1Cl. The summed E-state index contributed by atoms with van der Waals surface area (Å²) in [6.45, 7) is 5.67. The Labute approximate surface area is 169 Å². The van der Waals surface area contributed by atoms with Crippen molar-refractivity contribution in [3.05, 3.63) is 64.6 Å². The summed E-state index contributed by atoms with van der Waals surface area (Å²) in [6, 6.07) is 8.61. The van der Waals surface area contributed by atoms with Gasteiger partial charge in [0.2, 0.25) is 5.91 Å². The molecule has 0 saturated carbocycles. The number of rotatable bonds is 1. The van der Waals surface area contributed by atoms with Gasteiger partial charge in [-0.15, -0.1) is 0 Å². The zero-order valence-corrected chi connectivity index (χ0v) is 16.9. The van der Waals surface area contributed by atoms with Gasteiger partial charge in [0.25, 0.3) is 0 Å². The van der Waals surface area contributed by atoms with E-state index in [2.05, 4.69) is 24.1 Å². The normalized spacial score (nSPS) is 20.8. The van der Waals surface area contributed by atoms with Crippen LogP contribution < -0.4 is 10.2 Å². The molecule has 0 bridgehead atoms. The average molecular weight is 396 g/mol. The molecule has 6 heteroatoms. The Morgan fingerprint density at radius 3 is 2.71 bits per heavy atom. The largest absolute Gasteiger partial charge is 0.356 e. The maximum atomic E-state index is 13.3. The van der Waals surface area contributed by atoms with Gasteiger partial charge in [0.15, 0.2) is 5.78 Å². The first-order chi connectivity index (χ1) is 13.3. The maximum absolute atomic E-state index is 13.3. The maximum Gasteiger partial charge on any atom is 0.224 e. The lowest BCUT2D eigenvalue weighted by Gasteiger charge is -2.37. The predicted molar refractivity (Wildman–Crippen MR) is 110 cm³/mol. The standard InChI is InChI=1S/C22H22ClN3O2/c1-13(27)26-18-8-9-24-12-17(18)25-16-10-22(2,3)11-19(28)20(16)21(26)14-6-4-5-7-15(14)23/h4-9,12,21,25H,10-11H2,1-3H3. The second kappa shape index (κ2) is 6.74. The van der Waals surface area contributed by atoms with Crippen molar-refractivity contribution in [3.8, 4) is 0 Å². The van der Waals surface area contributed by atoms with Crippen LogP contribution in [0.3, 0.4) is 0 Å². The Morgan fingerprint density at radius 1 is 1.25 bits per heavy atom. The number of carbonyl (C=O) groups is 2. The van der Waals surface area contributed by atoms with Crippen LogP contribution in [-0.2, 0) is 9.59 Å². The molecule has 1 aromatic heterocycles. The summed E-state index contributed by atoms with van der Waals surface area (Å²) in [5.41, 5.74) is 3.42. The number of halogens is 1. The molecule has 0 spiro atoms. The molecule has 1 aromatic carbocycles. The van der Waals surface area contributed by atoms with Crippen molar-refractivity contribution >= 4 is 34.7 Å². The van der Waals surface area contributed by atoms with Gasteiger partial charge < -0.3 is 5.32 Å². The van der Waals surface area contributed by atoms with E-state index in [0.29, 0.717) is 34.8 Å². The van der Waals surface area contributed by atoms with Gasteiger partial charge >= 0.3 is 0 Å². The number of ketones is 1. The third-order valence-corrected chi connectivity index (χ3v) is 5.68. The van der Waals surface area contributed by atoms with E-state index in [1.54, 1.807) is 29.4 Å². The number of carbonyl (C=O) groups excluding carboxylic acids is 2. The Bertz CT molecular complexity index is 1010. The van der Waals surface area contributed by atoms with Gasteiger partial charge in [0, 0.05) is 35.8 Å². The van der Waals surface area contributed by atoms with E-state index in [0.717, 1.165) is 11.3 Å². The molecule has 1 N–H and O–H groups in total. The second-order valence-electron chi connectivity index (χ2n) is 8.16. The minimum absolute atomic E-state index is 0.0377. The summed E-state index contributed by atoms with van der Waals surface area (Å²) in [6.07, 6.45) is 4.47. The zero-order chi connectivity index (χ0) is 20.1. The summed E-state index contributed by atoms with van der Waals surface area (Å²) in [5.74, 6) is -0.124. The number of hydrogen-bond donors (Lipinski definition) is 1. The first-order valence-electron chi connectivity index (χ1n) is 9.30. The van der Waals surface area contributed by atoms with Crippen LogP contribution in [0.25, 0.3) is 0 Å². The van der Waals surface area contributed by atoms with Crippen molar-refractivity contribution in [1.82, 2.24) is 4.98 Å². The number of Topliss-reactive ketones (excluding diaryl/α,β-unsaturated/α-hetero) is 1. The first-order valence-corrected chi connectivity index (χ1v) is 9.68. The summed E-state index contributed by atoms with van der Waals surface area (Å²) in [5, 5.41) is 3.94. The summed E-state index contributed by atoms with van der Waals surface area (Å²) in [4.78, 5) is 32.0. The molecule has 0 radical (unpaired) electrons. The highest BCUT2D eigenvalue weighted by Gasteiger charge is 2.43. The van der Waals surface area contributed by atoms with Gasteiger partial charge in [0.1, 0.15) is 0 Å². The molecule has 1 aliphatic carbocycles. The van der Waals surface area contributed by atoms with Crippen molar-refractivity contribution in [3.63, 3.8) is 0 Å². The number of pyridine rings is 1. The van der Waals surface area contributed by atoms with Crippen LogP contribution in [-0.4, -0.2) is 16.7 Å². The molecule has 4 rings (SSSR count). The van der Waals surface area contributed by atoms with Crippen molar-refractivity contribution in [2.75, 3.05) is 10.2 Å². The van der Waals surface area contributed by atoms with Crippen molar-refractivity contribution in [2.24, 2.45) is 5.41 Å². The number of hydrogen-bond acceptors (Lipinski definition) is 4. The van der Waals surface area contributed by atoms with Gasteiger partial charge in [-0.1, -0.05) is 43.6 Å². The Balaban J connectivity index is 2.04. The topological polar surface area (TPSA) is 62.3 Å². The predicted octanol–water partition coefficient (Wildman–Crippen LogP) is 4.90. The van der Waals surface area contributed by atoms with E-state index >= 15 is 0 Å². The molecule has 0 fully saturated rings. The summed E-state index contributed by atoms with van der Waals surface area (Å²) in [7, 11) is 0. The van der Waals surface area contributed by atoms with Crippen LogP contribution >= 0.6 is 11.6 Å². The molecular weight excluding hydrogens is 374 g/mol. The van der Waals surface area contributed by atoms with Crippen LogP contribution in [0.4, 0.5) is 11.4 Å². The molecular formula is C22H22ClN3O2. The van der Waals surface area contributed by atoms with Gasteiger partial charge in [-0.3, -0.25) is 19.5 Å². The highest BCUT2D eigenvalue weighted by Crippen LogP contribution is 2.48. The van der Waals surface area contributed by atoms with Crippen molar-refractivity contribution in [2.45, 2.75) is 39.7 Å². The first kappa shape index (κ1) is 18.7. The minimum Gasteiger partial charge on any atom is -0.356 e.